The topological polar surface area (TPSA) is 89.9 Å². The molecule has 0 bridgehead atoms. The van der Waals surface area contributed by atoms with Crippen molar-refractivity contribution in [2.24, 2.45) is 0 Å². The molecular weight excluding hydrogens is 176 g/mol. The van der Waals surface area contributed by atoms with E-state index in [-0.39, 0.29) is 5.91 Å². The average molecular weight is 192 g/mol. The van der Waals surface area contributed by atoms with E-state index in [4.69, 9.17) is 10.3 Å². The quantitative estimate of drug-likeness (QED) is 0.366. The molecule has 1 atom stereocenters. The molecule has 13 heavy (non-hydrogen) atoms. The second-order valence-electron chi connectivity index (χ2n) is 2.34. The summed E-state index contributed by atoms with van der Waals surface area (Å²) in [5.74, 6) is -0.699. The molecule has 6 heteroatoms. The minimum absolute atomic E-state index is 0.00463. The van der Waals surface area contributed by atoms with Gasteiger partial charge in [0.15, 0.2) is 0 Å². The molecule has 0 radical (unpaired) electrons. The summed E-state index contributed by atoms with van der Waals surface area (Å²) in [7, 11) is 2.76. The fourth-order valence-corrected chi connectivity index (χ4v) is 0.270. The molecule has 6 nitrogen and oxygen atoms in total. The van der Waals surface area contributed by atoms with Crippen molar-refractivity contribution in [1.29, 1.82) is 0 Å². The van der Waals surface area contributed by atoms with E-state index in [9.17, 15) is 9.59 Å². The number of hydrogen-bond acceptors (Lipinski definition) is 4. The predicted octanol–water partition coefficient (Wildman–Crippen LogP) is -1.03. The highest BCUT2D eigenvalue weighted by Crippen LogP contribution is 1.84. The molecule has 0 aromatic heterocycles. The zero-order chi connectivity index (χ0) is 11.0. The summed E-state index contributed by atoms with van der Waals surface area (Å²) in [4.78, 5) is 20.0. The van der Waals surface area contributed by atoms with Gasteiger partial charge in [-0.2, -0.15) is 0 Å². The maximum atomic E-state index is 10.3. The predicted molar refractivity (Wildman–Crippen MR) is 46.0 cm³/mol. The van der Waals surface area contributed by atoms with Crippen LogP contribution in [0, 0.1) is 0 Å². The second kappa shape index (κ2) is 7.51. The van der Waals surface area contributed by atoms with E-state index in [0.29, 0.717) is 5.06 Å². The first kappa shape index (κ1) is 14.4. The summed E-state index contributed by atoms with van der Waals surface area (Å²) in [5, 5.41) is 19.5. The van der Waals surface area contributed by atoms with Crippen molar-refractivity contribution in [2.45, 2.75) is 20.0 Å². The average Bonchev–Trinajstić information content (AvgIpc) is 2.03. The maximum absolute atomic E-state index is 10.3. The first-order chi connectivity index (χ1) is 5.82. The van der Waals surface area contributed by atoms with Gasteiger partial charge in [0.1, 0.15) is 6.10 Å². The van der Waals surface area contributed by atoms with Crippen LogP contribution in [0.4, 0.5) is 0 Å². The van der Waals surface area contributed by atoms with Gasteiger partial charge in [0.2, 0.25) is 5.91 Å². The smallest absolute Gasteiger partial charge is 0.274 e. The molecule has 1 unspecified atom stereocenters. The van der Waals surface area contributed by atoms with Gasteiger partial charge in [-0.3, -0.25) is 14.8 Å². The van der Waals surface area contributed by atoms with Crippen LogP contribution in [0.2, 0.25) is 0 Å². The highest BCUT2D eigenvalue weighted by Gasteiger charge is 2.10. The van der Waals surface area contributed by atoms with Crippen LogP contribution in [0.3, 0.4) is 0 Å². The summed E-state index contributed by atoms with van der Waals surface area (Å²) in [6.45, 7) is 2.76. The Morgan fingerprint density at radius 1 is 1.46 bits per heavy atom. The van der Waals surface area contributed by atoms with Gasteiger partial charge in [-0.1, -0.05) is 0 Å². The highest BCUT2D eigenvalue weighted by atomic mass is 16.5. The van der Waals surface area contributed by atoms with Crippen LogP contribution in [-0.2, 0) is 9.59 Å². The van der Waals surface area contributed by atoms with Crippen molar-refractivity contribution in [3.63, 3.8) is 0 Å². The Kier molecular flexibility index (Phi) is 8.31. The lowest BCUT2D eigenvalue weighted by atomic mass is 10.4. The molecule has 0 fully saturated rings. The van der Waals surface area contributed by atoms with Crippen molar-refractivity contribution in [1.82, 2.24) is 10.4 Å². The standard InChI is InChI=1S/C4H9NO3.C3H7NO/c1-3(6)4(7)5(2)8;1-3(5)4-2/h3,6,8H,1-2H3;1-2H3,(H,4,5). The van der Waals surface area contributed by atoms with Crippen LogP contribution in [0.25, 0.3) is 0 Å². The third kappa shape index (κ3) is 10.9. The van der Waals surface area contributed by atoms with Crippen LogP contribution in [0.1, 0.15) is 13.8 Å². The van der Waals surface area contributed by atoms with E-state index < -0.39 is 12.0 Å². The van der Waals surface area contributed by atoms with Gasteiger partial charge in [0.25, 0.3) is 5.91 Å². The first-order valence-electron chi connectivity index (χ1n) is 3.65. The molecule has 0 aliphatic heterocycles. The number of carbonyl (C=O) groups is 2. The van der Waals surface area contributed by atoms with Crippen molar-refractivity contribution < 1.29 is 19.9 Å². The van der Waals surface area contributed by atoms with Crippen molar-refractivity contribution in [3.8, 4) is 0 Å². The largest absolute Gasteiger partial charge is 0.383 e. The number of likely N-dealkylation sites (N-methyl/N-ethyl adjacent to an activating group) is 1. The Morgan fingerprint density at radius 2 is 1.77 bits per heavy atom. The Morgan fingerprint density at radius 3 is 1.77 bits per heavy atom. The lowest BCUT2D eigenvalue weighted by Crippen LogP contribution is -2.31. The first-order valence-corrected chi connectivity index (χ1v) is 3.65. The Bertz CT molecular complexity index is 158. The summed E-state index contributed by atoms with van der Waals surface area (Å²) >= 11 is 0. The van der Waals surface area contributed by atoms with Crippen molar-refractivity contribution >= 4 is 11.8 Å². The van der Waals surface area contributed by atoms with E-state index in [1.54, 1.807) is 7.05 Å². The van der Waals surface area contributed by atoms with Gasteiger partial charge in [0, 0.05) is 21.0 Å². The zero-order valence-corrected chi connectivity index (χ0v) is 8.24. The Balaban J connectivity index is 0. The molecule has 0 saturated carbocycles. The van der Waals surface area contributed by atoms with Gasteiger partial charge >= 0.3 is 0 Å². The molecule has 0 aliphatic rings. The van der Waals surface area contributed by atoms with Gasteiger partial charge in [-0.25, -0.2) is 5.06 Å². The van der Waals surface area contributed by atoms with Crippen molar-refractivity contribution in [3.05, 3.63) is 0 Å². The Hall–Kier alpha value is -1.14. The molecule has 0 aliphatic carbocycles. The van der Waals surface area contributed by atoms with Crippen LogP contribution in [-0.4, -0.2) is 47.4 Å². The highest BCUT2D eigenvalue weighted by molar-refractivity contribution is 5.78. The summed E-state index contributed by atoms with van der Waals surface area (Å²) in [6.07, 6.45) is -1.12. The number of hydrogen-bond donors (Lipinski definition) is 3. The van der Waals surface area contributed by atoms with Gasteiger partial charge < -0.3 is 10.4 Å². The molecule has 2 amide bonds. The van der Waals surface area contributed by atoms with E-state index in [2.05, 4.69) is 5.32 Å². The van der Waals surface area contributed by atoms with Crippen LogP contribution in [0.5, 0.6) is 0 Å². The van der Waals surface area contributed by atoms with E-state index in [1.807, 2.05) is 0 Å². The lowest BCUT2D eigenvalue weighted by molar-refractivity contribution is -0.167. The molecule has 0 spiro atoms. The molecule has 0 saturated heterocycles. The fraction of sp³-hybridized carbons (Fsp3) is 0.714. The molecule has 0 aromatic carbocycles. The number of carbonyl (C=O) groups excluding carboxylic acids is 2. The van der Waals surface area contributed by atoms with Gasteiger partial charge in [-0.05, 0) is 6.92 Å². The molecule has 0 heterocycles. The molecule has 0 aromatic rings. The minimum Gasteiger partial charge on any atom is -0.383 e. The number of rotatable bonds is 1. The zero-order valence-electron chi connectivity index (χ0n) is 8.24. The minimum atomic E-state index is -1.12. The normalized spacial score (nSPS) is 10.6. The van der Waals surface area contributed by atoms with Gasteiger partial charge in [0.05, 0.1) is 0 Å². The van der Waals surface area contributed by atoms with Crippen LogP contribution >= 0.6 is 0 Å². The second-order valence-corrected chi connectivity index (χ2v) is 2.34. The summed E-state index contributed by atoms with van der Waals surface area (Å²) < 4.78 is 0. The summed E-state index contributed by atoms with van der Waals surface area (Å²) in [5.41, 5.74) is 0. The number of hydroxylamine groups is 2. The molecular formula is C7H16N2O4. The number of aliphatic hydroxyl groups excluding tert-OH is 1. The molecule has 78 valence electrons. The monoisotopic (exact) mass is 192 g/mol. The van der Waals surface area contributed by atoms with E-state index in [1.165, 1.54) is 13.8 Å². The van der Waals surface area contributed by atoms with Crippen LogP contribution in [0.15, 0.2) is 0 Å². The van der Waals surface area contributed by atoms with E-state index >= 15 is 0 Å². The fourth-order valence-electron chi connectivity index (χ4n) is 0.270. The number of nitrogens with one attached hydrogen (secondary N) is 1. The van der Waals surface area contributed by atoms with Crippen LogP contribution < -0.4 is 5.32 Å². The third-order valence-electron chi connectivity index (χ3n) is 1.03. The third-order valence-corrected chi connectivity index (χ3v) is 1.03. The SMILES string of the molecule is CC(O)C(=O)N(C)O.CNC(C)=O. The molecule has 0 rings (SSSR count). The lowest BCUT2D eigenvalue weighted by Gasteiger charge is -2.08. The Labute approximate surface area is 77.1 Å². The number of amides is 2. The maximum Gasteiger partial charge on any atom is 0.274 e. The van der Waals surface area contributed by atoms with Gasteiger partial charge in [-0.15, -0.1) is 0 Å². The summed E-state index contributed by atoms with van der Waals surface area (Å²) in [6, 6.07) is 0. The van der Waals surface area contributed by atoms with E-state index in [0.717, 1.165) is 7.05 Å². The number of aliphatic hydroxyl groups is 1. The number of nitrogens with zero attached hydrogens (tertiary/aromatic N) is 1. The molecule has 3 N–H and O–H groups in total. The van der Waals surface area contributed by atoms with Crippen molar-refractivity contribution in [2.75, 3.05) is 14.1 Å².